The summed E-state index contributed by atoms with van der Waals surface area (Å²) in [5.74, 6) is -0.0151. The Hall–Kier alpha value is -5.89. The van der Waals surface area contributed by atoms with Crippen LogP contribution in [0.4, 0.5) is 5.69 Å². The zero-order chi connectivity index (χ0) is 29.2. The van der Waals surface area contributed by atoms with Crippen LogP contribution >= 0.6 is 0 Å². The summed E-state index contributed by atoms with van der Waals surface area (Å²) in [5, 5.41) is 11.3. The molecule has 6 rings (SSSR count). The van der Waals surface area contributed by atoms with Crippen molar-refractivity contribution in [3.63, 3.8) is 0 Å². The van der Waals surface area contributed by atoms with E-state index in [9.17, 15) is 19.7 Å². The molecule has 0 aliphatic carbocycles. The van der Waals surface area contributed by atoms with Gasteiger partial charge in [-0.2, -0.15) is 0 Å². The third-order valence-corrected chi connectivity index (χ3v) is 7.15. The minimum absolute atomic E-state index is 0.119. The summed E-state index contributed by atoms with van der Waals surface area (Å²) in [6.45, 7) is 0. The van der Waals surface area contributed by atoms with Gasteiger partial charge < -0.3 is 9.14 Å². The minimum atomic E-state index is -0.510. The van der Waals surface area contributed by atoms with Crippen molar-refractivity contribution in [3.05, 3.63) is 154 Å². The number of nitro benzene ring substituents is 1. The van der Waals surface area contributed by atoms with Crippen LogP contribution in [-0.4, -0.2) is 33.0 Å². The summed E-state index contributed by atoms with van der Waals surface area (Å²) in [4.78, 5) is 43.4. The fourth-order valence-electron chi connectivity index (χ4n) is 5.08. The third kappa shape index (κ3) is 4.71. The lowest BCUT2D eigenvalue weighted by Gasteiger charge is -2.09. The maximum Gasteiger partial charge on any atom is 0.269 e. The topological polar surface area (TPSA) is 104 Å². The molecule has 8 heteroatoms. The lowest BCUT2D eigenvalue weighted by molar-refractivity contribution is -0.384. The monoisotopic (exact) mass is 553 g/mol. The van der Waals surface area contributed by atoms with E-state index < -0.39 is 4.92 Å². The summed E-state index contributed by atoms with van der Waals surface area (Å²) in [5.41, 5.74) is 4.66. The van der Waals surface area contributed by atoms with E-state index in [1.807, 2.05) is 54.6 Å². The predicted octanol–water partition coefficient (Wildman–Crippen LogP) is 7.05. The van der Waals surface area contributed by atoms with Gasteiger partial charge in [0, 0.05) is 47.4 Å². The average Bonchev–Trinajstić information content (AvgIpc) is 3.39. The molecule has 3 aromatic carbocycles. The molecular formula is C34H23N3O5. The van der Waals surface area contributed by atoms with Gasteiger partial charge in [0.05, 0.1) is 23.1 Å². The highest BCUT2D eigenvalue weighted by molar-refractivity contribution is 6.23. The van der Waals surface area contributed by atoms with Gasteiger partial charge in [-0.25, -0.2) is 0 Å². The Labute approximate surface area is 240 Å². The van der Waals surface area contributed by atoms with Gasteiger partial charge in [-0.05, 0) is 77.4 Å². The summed E-state index contributed by atoms with van der Waals surface area (Å²) in [7, 11) is 1.56. The molecular weight excluding hydrogens is 530 g/mol. The maximum atomic E-state index is 14.3. The van der Waals surface area contributed by atoms with E-state index in [2.05, 4.69) is 4.98 Å². The molecule has 204 valence electrons. The van der Waals surface area contributed by atoms with Gasteiger partial charge in [0.1, 0.15) is 11.4 Å². The van der Waals surface area contributed by atoms with Crippen LogP contribution in [0, 0.1) is 10.1 Å². The normalized spacial score (nSPS) is 10.9. The quantitative estimate of drug-likeness (QED) is 0.114. The van der Waals surface area contributed by atoms with Crippen molar-refractivity contribution < 1.29 is 19.2 Å². The fourth-order valence-corrected chi connectivity index (χ4v) is 5.08. The molecule has 0 amide bonds. The zero-order valence-corrected chi connectivity index (χ0v) is 22.4. The van der Waals surface area contributed by atoms with Crippen LogP contribution in [0.25, 0.3) is 27.8 Å². The number of pyridine rings is 2. The molecule has 0 saturated carbocycles. The van der Waals surface area contributed by atoms with Crippen LogP contribution in [-0.2, 0) is 0 Å². The van der Waals surface area contributed by atoms with Crippen LogP contribution in [0.1, 0.15) is 32.0 Å². The Bertz CT molecular complexity index is 1950. The van der Waals surface area contributed by atoms with Crippen LogP contribution in [0.3, 0.4) is 0 Å². The molecule has 8 nitrogen and oxygen atoms in total. The second kappa shape index (κ2) is 10.9. The van der Waals surface area contributed by atoms with Gasteiger partial charge >= 0.3 is 0 Å². The highest BCUT2D eigenvalue weighted by Crippen LogP contribution is 2.38. The first kappa shape index (κ1) is 26.3. The fraction of sp³-hybridized carbons (Fsp3) is 0.0294. The number of benzene rings is 3. The first-order chi connectivity index (χ1) is 20.5. The van der Waals surface area contributed by atoms with Crippen LogP contribution < -0.4 is 4.74 Å². The lowest BCUT2D eigenvalue weighted by Crippen LogP contribution is -2.07. The number of fused-ring (bicyclic) bond motifs is 1. The van der Waals surface area contributed by atoms with E-state index in [0.29, 0.717) is 39.2 Å². The number of ether oxygens (including phenoxy) is 1. The summed E-state index contributed by atoms with van der Waals surface area (Å²) < 4.78 is 7.02. The predicted molar refractivity (Wildman–Crippen MR) is 159 cm³/mol. The smallest absolute Gasteiger partial charge is 0.269 e. The van der Waals surface area contributed by atoms with Crippen molar-refractivity contribution in [3.8, 4) is 28.0 Å². The second-order valence-corrected chi connectivity index (χ2v) is 9.56. The van der Waals surface area contributed by atoms with Gasteiger partial charge in [0.15, 0.2) is 5.78 Å². The largest absolute Gasteiger partial charge is 0.497 e. The molecule has 0 aliphatic rings. The van der Waals surface area contributed by atoms with Gasteiger partial charge in [0.2, 0.25) is 5.78 Å². The Balaban J connectivity index is 1.66. The summed E-state index contributed by atoms with van der Waals surface area (Å²) >= 11 is 0. The number of hydrogen-bond donors (Lipinski definition) is 0. The van der Waals surface area contributed by atoms with Crippen LogP contribution in [0.15, 0.2) is 122 Å². The highest BCUT2D eigenvalue weighted by atomic mass is 16.6. The number of nitrogens with zero attached hydrogens (tertiary/aromatic N) is 3. The average molecular weight is 554 g/mol. The maximum absolute atomic E-state index is 14.3. The molecule has 0 saturated heterocycles. The molecule has 0 atom stereocenters. The van der Waals surface area contributed by atoms with Crippen molar-refractivity contribution in [1.29, 1.82) is 0 Å². The molecule has 3 aromatic heterocycles. The number of hydrogen-bond acceptors (Lipinski definition) is 6. The molecule has 6 aromatic rings. The number of non-ortho nitro benzene ring substituents is 1. The van der Waals surface area contributed by atoms with E-state index in [0.717, 1.165) is 11.1 Å². The van der Waals surface area contributed by atoms with E-state index in [4.69, 9.17) is 4.74 Å². The molecule has 0 unspecified atom stereocenters. The number of aromatic nitrogens is 2. The minimum Gasteiger partial charge on any atom is -0.497 e. The number of carbonyl (C=O) groups is 2. The number of rotatable bonds is 8. The van der Waals surface area contributed by atoms with Crippen molar-refractivity contribution in [1.82, 2.24) is 9.38 Å². The van der Waals surface area contributed by atoms with Gasteiger partial charge in [-0.3, -0.25) is 24.7 Å². The molecule has 42 heavy (non-hydrogen) atoms. The Kier molecular flexibility index (Phi) is 6.86. The number of methoxy groups -OCH3 is 1. The first-order valence-corrected chi connectivity index (χ1v) is 13.1. The SMILES string of the molecule is COc1ccc(C(=O)c2c(-c3ccccc3)c(C(=O)c3ccc([N+](=O)[O-])cc3)c3cc(-c4ccncc4)ccn23)cc1. The lowest BCUT2D eigenvalue weighted by atomic mass is 9.92. The van der Waals surface area contributed by atoms with Gasteiger partial charge in [-0.15, -0.1) is 0 Å². The second-order valence-electron chi connectivity index (χ2n) is 9.56. The summed E-state index contributed by atoms with van der Waals surface area (Å²) in [6.07, 6.45) is 5.17. The molecule has 0 bridgehead atoms. The first-order valence-electron chi connectivity index (χ1n) is 13.1. The number of nitro groups is 1. The van der Waals surface area contributed by atoms with Crippen LogP contribution in [0.2, 0.25) is 0 Å². The van der Waals surface area contributed by atoms with E-state index in [1.165, 1.54) is 24.3 Å². The van der Waals surface area contributed by atoms with Crippen molar-refractivity contribution in [2.24, 2.45) is 0 Å². The summed E-state index contributed by atoms with van der Waals surface area (Å²) in [6, 6.07) is 29.1. The van der Waals surface area contributed by atoms with Crippen molar-refractivity contribution in [2.75, 3.05) is 7.11 Å². The highest BCUT2D eigenvalue weighted by Gasteiger charge is 2.30. The number of carbonyl (C=O) groups excluding carboxylic acids is 2. The molecule has 0 aliphatic heterocycles. The molecule has 0 fully saturated rings. The molecule has 3 heterocycles. The van der Waals surface area contributed by atoms with Crippen molar-refractivity contribution in [2.45, 2.75) is 0 Å². The van der Waals surface area contributed by atoms with Gasteiger partial charge in [0.25, 0.3) is 5.69 Å². The van der Waals surface area contributed by atoms with Crippen molar-refractivity contribution >= 4 is 22.8 Å². The Morgan fingerprint density at radius 3 is 2.05 bits per heavy atom. The van der Waals surface area contributed by atoms with E-state index in [-0.39, 0.29) is 22.8 Å². The Morgan fingerprint density at radius 2 is 1.40 bits per heavy atom. The van der Waals surface area contributed by atoms with E-state index in [1.54, 1.807) is 54.4 Å². The van der Waals surface area contributed by atoms with Gasteiger partial charge in [-0.1, -0.05) is 30.3 Å². The molecule has 0 spiro atoms. The Morgan fingerprint density at radius 1 is 0.762 bits per heavy atom. The standard InChI is InChI=1S/C34H23N3O5/c1-42-28-13-9-25(10-14-28)34(39)32-30(23-5-3-2-4-6-23)31(33(38)24-7-11-27(12-8-24)37(40)41)29-21-26(17-20-36(29)32)22-15-18-35-19-16-22/h2-21H,1H3. The molecule has 0 N–H and O–H groups in total. The molecule has 0 radical (unpaired) electrons. The zero-order valence-electron chi connectivity index (χ0n) is 22.4. The third-order valence-electron chi connectivity index (χ3n) is 7.15. The number of ketones is 2. The van der Waals surface area contributed by atoms with Crippen LogP contribution in [0.5, 0.6) is 5.75 Å². The van der Waals surface area contributed by atoms with E-state index >= 15 is 0 Å².